The maximum Gasteiger partial charge on any atom is 0.357 e. The summed E-state index contributed by atoms with van der Waals surface area (Å²) in [6, 6.07) is 3.26. The molecule has 1 heterocycles. The van der Waals surface area contributed by atoms with Gasteiger partial charge in [-0.25, -0.2) is 4.98 Å². The van der Waals surface area contributed by atoms with E-state index in [1.807, 2.05) is 0 Å². The first-order valence-corrected chi connectivity index (χ1v) is 5.76. The second kappa shape index (κ2) is 5.09. The van der Waals surface area contributed by atoms with Gasteiger partial charge in [0.1, 0.15) is 0 Å². The normalized spacial score (nSPS) is 24.3. The topological polar surface area (TPSA) is 89.5 Å². The molecule has 3 N–H and O–H groups in total. The standard InChI is InChI=1S/C11H15N3O3/c15-9-5-3-8(4-6-9)13-11-10(14(16)17)2-1-7-12-11/h1-2,7-9,15H,3-6H2,(H,12,13)/p+1. The number of hydrogen-bond acceptors (Lipinski definition) is 4. The fourth-order valence-corrected chi connectivity index (χ4v) is 2.12. The van der Waals surface area contributed by atoms with Crippen LogP contribution in [0.15, 0.2) is 18.3 Å². The van der Waals surface area contributed by atoms with Crippen LogP contribution < -0.4 is 10.3 Å². The van der Waals surface area contributed by atoms with Crippen molar-refractivity contribution < 1.29 is 15.0 Å². The van der Waals surface area contributed by atoms with Crippen molar-refractivity contribution in [3.8, 4) is 0 Å². The molecule has 92 valence electrons. The van der Waals surface area contributed by atoms with Gasteiger partial charge in [-0.1, -0.05) is 0 Å². The maximum absolute atomic E-state index is 10.8. The molecule has 17 heavy (non-hydrogen) atoms. The van der Waals surface area contributed by atoms with Crippen LogP contribution in [0.3, 0.4) is 0 Å². The Kier molecular flexibility index (Phi) is 3.53. The Hall–Kier alpha value is -1.69. The van der Waals surface area contributed by atoms with Crippen LogP contribution in [0.4, 0.5) is 11.5 Å². The minimum absolute atomic E-state index is 0.0543. The number of nitro groups is 1. The lowest BCUT2D eigenvalue weighted by atomic mass is 9.93. The Labute approximate surface area is 98.8 Å². The molecule has 2 rings (SSSR count). The highest BCUT2D eigenvalue weighted by Gasteiger charge is 2.27. The van der Waals surface area contributed by atoms with Gasteiger partial charge in [0.25, 0.3) is 0 Å². The summed E-state index contributed by atoms with van der Waals surface area (Å²) in [5.41, 5.74) is 0.0543. The second-order valence-electron chi connectivity index (χ2n) is 4.34. The molecule has 0 aromatic carbocycles. The number of nitrogens with zero attached hydrogens (tertiary/aromatic N) is 1. The van der Waals surface area contributed by atoms with Crippen LogP contribution in [0.5, 0.6) is 0 Å². The van der Waals surface area contributed by atoms with Crippen molar-refractivity contribution in [2.45, 2.75) is 37.8 Å². The number of pyridine rings is 1. The van der Waals surface area contributed by atoms with Crippen LogP contribution in [0.1, 0.15) is 25.7 Å². The summed E-state index contributed by atoms with van der Waals surface area (Å²) in [4.78, 5) is 13.3. The summed E-state index contributed by atoms with van der Waals surface area (Å²) in [5.74, 6) is 0.443. The molecule has 0 unspecified atom stereocenters. The summed E-state index contributed by atoms with van der Waals surface area (Å²) in [6.07, 6.45) is 4.61. The van der Waals surface area contributed by atoms with E-state index in [1.165, 1.54) is 6.07 Å². The molecule has 1 aromatic heterocycles. The molecular formula is C11H16N3O3+. The average Bonchev–Trinajstić information content (AvgIpc) is 2.32. The maximum atomic E-state index is 10.8. The monoisotopic (exact) mass is 238 g/mol. The lowest BCUT2D eigenvalue weighted by molar-refractivity contribution is -0.410. The predicted octanol–water partition coefficient (Wildman–Crippen LogP) is 1.12. The lowest BCUT2D eigenvalue weighted by Crippen LogP contribution is -2.30. The van der Waals surface area contributed by atoms with Crippen LogP contribution in [0.25, 0.3) is 0 Å². The molecule has 1 aliphatic carbocycles. The molecule has 1 aromatic rings. The fourth-order valence-electron chi connectivity index (χ4n) is 2.12. The quantitative estimate of drug-likeness (QED) is 0.610. The van der Waals surface area contributed by atoms with Crippen molar-refractivity contribution in [2.75, 3.05) is 5.32 Å². The third-order valence-electron chi connectivity index (χ3n) is 3.08. The average molecular weight is 238 g/mol. The SMILES string of the molecule is O=[N+]([O-])c1ccc[nH+]c1NC1CCC(O)CC1. The lowest BCUT2D eigenvalue weighted by Gasteiger charge is -2.22. The molecule has 0 saturated heterocycles. The highest BCUT2D eigenvalue weighted by Crippen LogP contribution is 2.24. The van der Waals surface area contributed by atoms with E-state index in [2.05, 4.69) is 10.3 Å². The Balaban J connectivity index is 2.05. The van der Waals surface area contributed by atoms with Crippen molar-refractivity contribution in [2.24, 2.45) is 0 Å². The van der Waals surface area contributed by atoms with E-state index < -0.39 is 4.92 Å². The number of aliphatic hydroxyl groups is 1. The van der Waals surface area contributed by atoms with E-state index in [4.69, 9.17) is 0 Å². The van der Waals surface area contributed by atoms with E-state index in [9.17, 15) is 15.2 Å². The van der Waals surface area contributed by atoms with Gasteiger partial charge in [-0.05, 0) is 31.7 Å². The minimum atomic E-state index is -0.406. The van der Waals surface area contributed by atoms with E-state index in [-0.39, 0.29) is 17.8 Å². The van der Waals surface area contributed by atoms with Gasteiger partial charge in [0, 0.05) is 6.07 Å². The molecule has 0 bridgehead atoms. The van der Waals surface area contributed by atoms with E-state index in [0.717, 1.165) is 25.7 Å². The number of nitrogens with one attached hydrogen (secondary N) is 2. The highest BCUT2D eigenvalue weighted by atomic mass is 16.6. The van der Waals surface area contributed by atoms with Crippen LogP contribution in [-0.4, -0.2) is 22.2 Å². The van der Waals surface area contributed by atoms with Gasteiger partial charge in [-0.2, -0.15) is 0 Å². The Bertz CT molecular complexity index is 403. The summed E-state index contributed by atoms with van der Waals surface area (Å²) >= 11 is 0. The molecule has 0 atom stereocenters. The summed E-state index contributed by atoms with van der Waals surface area (Å²) < 4.78 is 0. The number of H-pyrrole nitrogens is 1. The molecule has 1 aliphatic rings. The molecule has 0 aliphatic heterocycles. The van der Waals surface area contributed by atoms with Gasteiger partial charge in [-0.3, -0.25) is 15.4 Å². The molecular weight excluding hydrogens is 222 g/mol. The first-order chi connectivity index (χ1) is 8.16. The fraction of sp³-hybridized carbons (Fsp3) is 0.545. The zero-order valence-electron chi connectivity index (χ0n) is 9.43. The van der Waals surface area contributed by atoms with Gasteiger partial charge < -0.3 is 5.11 Å². The third-order valence-corrected chi connectivity index (χ3v) is 3.08. The second-order valence-corrected chi connectivity index (χ2v) is 4.34. The summed E-state index contributed by atoms with van der Waals surface area (Å²) in [7, 11) is 0. The molecule has 1 saturated carbocycles. The Morgan fingerprint density at radius 3 is 2.76 bits per heavy atom. The number of rotatable bonds is 3. The van der Waals surface area contributed by atoms with Crippen molar-refractivity contribution in [3.05, 3.63) is 28.4 Å². The number of aromatic nitrogens is 1. The Morgan fingerprint density at radius 1 is 1.41 bits per heavy atom. The minimum Gasteiger partial charge on any atom is -0.393 e. The van der Waals surface area contributed by atoms with Gasteiger partial charge in [0.15, 0.2) is 0 Å². The first kappa shape index (κ1) is 11.8. The highest BCUT2D eigenvalue weighted by molar-refractivity contribution is 5.51. The zero-order valence-corrected chi connectivity index (χ0v) is 9.43. The summed E-state index contributed by atoms with van der Waals surface area (Å²) in [6.45, 7) is 0. The van der Waals surface area contributed by atoms with Crippen LogP contribution in [0.2, 0.25) is 0 Å². The van der Waals surface area contributed by atoms with Crippen LogP contribution in [-0.2, 0) is 0 Å². The molecule has 0 amide bonds. The molecule has 6 heteroatoms. The van der Waals surface area contributed by atoms with Gasteiger partial charge >= 0.3 is 11.5 Å². The van der Waals surface area contributed by atoms with E-state index in [1.54, 1.807) is 12.3 Å². The molecule has 0 spiro atoms. The van der Waals surface area contributed by atoms with Gasteiger partial charge in [-0.15, -0.1) is 0 Å². The summed E-state index contributed by atoms with van der Waals surface area (Å²) in [5, 5.41) is 23.4. The number of anilines is 1. The van der Waals surface area contributed by atoms with Gasteiger partial charge in [0.05, 0.1) is 23.3 Å². The predicted molar refractivity (Wildman–Crippen MR) is 61.5 cm³/mol. The number of hydrogen-bond donors (Lipinski definition) is 2. The van der Waals surface area contributed by atoms with Crippen molar-refractivity contribution in [3.63, 3.8) is 0 Å². The zero-order chi connectivity index (χ0) is 12.3. The van der Waals surface area contributed by atoms with Crippen LogP contribution in [0, 0.1) is 10.1 Å². The molecule has 6 nitrogen and oxygen atoms in total. The smallest absolute Gasteiger partial charge is 0.357 e. The first-order valence-electron chi connectivity index (χ1n) is 5.76. The van der Waals surface area contributed by atoms with Gasteiger partial charge in [0.2, 0.25) is 0 Å². The number of aromatic amines is 1. The Morgan fingerprint density at radius 2 is 2.12 bits per heavy atom. The van der Waals surface area contributed by atoms with Crippen molar-refractivity contribution in [1.82, 2.24) is 0 Å². The van der Waals surface area contributed by atoms with E-state index in [0.29, 0.717) is 5.82 Å². The number of aliphatic hydroxyl groups excluding tert-OH is 1. The molecule has 0 radical (unpaired) electrons. The third kappa shape index (κ3) is 2.91. The van der Waals surface area contributed by atoms with Crippen molar-refractivity contribution in [1.29, 1.82) is 0 Å². The van der Waals surface area contributed by atoms with E-state index >= 15 is 0 Å². The molecule has 1 fully saturated rings. The van der Waals surface area contributed by atoms with Crippen molar-refractivity contribution >= 4 is 11.5 Å². The van der Waals surface area contributed by atoms with Crippen LogP contribution >= 0.6 is 0 Å². The largest absolute Gasteiger partial charge is 0.393 e.